The smallest absolute Gasteiger partial charge is 0.211 e. The SMILES string of the molecule is CCNC(=NCC1CCN(S(C)(=O)=O)C1)NCCCOc1ccc2ccccc2c1. The van der Waals surface area contributed by atoms with Gasteiger partial charge in [-0.2, -0.15) is 0 Å². The van der Waals surface area contributed by atoms with Gasteiger partial charge < -0.3 is 15.4 Å². The maximum Gasteiger partial charge on any atom is 0.211 e. The molecule has 7 nitrogen and oxygen atoms in total. The Hall–Kier alpha value is -2.32. The van der Waals surface area contributed by atoms with Gasteiger partial charge >= 0.3 is 0 Å². The average Bonchev–Trinajstić information content (AvgIpc) is 3.21. The Bertz CT molecular complexity index is 962. The average molecular weight is 433 g/mol. The van der Waals surface area contributed by atoms with E-state index in [0.29, 0.717) is 26.2 Å². The van der Waals surface area contributed by atoms with Crippen molar-refractivity contribution in [1.29, 1.82) is 0 Å². The van der Waals surface area contributed by atoms with Crippen molar-refractivity contribution in [2.45, 2.75) is 19.8 Å². The summed E-state index contributed by atoms with van der Waals surface area (Å²) in [6.07, 6.45) is 2.97. The summed E-state index contributed by atoms with van der Waals surface area (Å²) in [5.41, 5.74) is 0. The van der Waals surface area contributed by atoms with E-state index in [-0.39, 0.29) is 5.92 Å². The van der Waals surface area contributed by atoms with Gasteiger partial charge in [0.15, 0.2) is 5.96 Å². The summed E-state index contributed by atoms with van der Waals surface area (Å²) < 4.78 is 30.7. The molecule has 30 heavy (non-hydrogen) atoms. The number of benzene rings is 2. The largest absolute Gasteiger partial charge is 0.494 e. The summed E-state index contributed by atoms with van der Waals surface area (Å²) >= 11 is 0. The number of hydrogen-bond donors (Lipinski definition) is 2. The van der Waals surface area contributed by atoms with Gasteiger partial charge in [-0.15, -0.1) is 0 Å². The van der Waals surface area contributed by atoms with Crippen LogP contribution in [0.25, 0.3) is 10.8 Å². The summed E-state index contributed by atoms with van der Waals surface area (Å²) in [5, 5.41) is 8.96. The third-order valence-corrected chi connectivity index (χ3v) is 6.44. The number of guanidine groups is 1. The second-order valence-electron chi connectivity index (χ2n) is 7.63. The van der Waals surface area contributed by atoms with Gasteiger partial charge in [-0.25, -0.2) is 12.7 Å². The minimum absolute atomic E-state index is 0.270. The van der Waals surface area contributed by atoms with Crippen molar-refractivity contribution in [3.8, 4) is 5.75 Å². The standard InChI is InChI=1S/C22H32N4O3S/c1-3-23-22(25-16-18-11-13-26(17-18)30(2,27)28)24-12-6-14-29-21-10-9-19-7-4-5-8-20(19)15-21/h4-5,7-10,15,18H,3,6,11-14,16-17H2,1-2H3,(H2,23,24,25). The van der Waals surface area contributed by atoms with Gasteiger partial charge in [-0.1, -0.05) is 30.3 Å². The summed E-state index contributed by atoms with van der Waals surface area (Å²) in [6, 6.07) is 14.4. The lowest BCUT2D eigenvalue weighted by Crippen LogP contribution is -2.38. The fourth-order valence-electron chi connectivity index (χ4n) is 3.54. The molecule has 0 bridgehead atoms. The van der Waals surface area contributed by atoms with Crippen molar-refractivity contribution in [2.24, 2.45) is 10.9 Å². The van der Waals surface area contributed by atoms with E-state index < -0.39 is 10.0 Å². The number of fused-ring (bicyclic) bond motifs is 1. The van der Waals surface area contributed by atoms with E-state index in [1.807, 2.05) is 25.1 Å². The molecule has 0 aliphatic carbocycles. The number of hydrogen-bond acceptors (Lipinski definition) is 4. The molecule has 3 rings (SSSR count). The molecule has 0 aromatic heterocycles. The minimum atomic E-state index is -3.10. The highest BCUT2D eigenvalue weighted by Crippen LogP contribution is 2.21. The molecule has 1 unspecified atom stereocenters. The van der Waals surface area contributed by atoms with Crippen molar-refractivity contribution in [3.63, 3.8) is 0 Å². The number of nitrogens with one attached hydrogen (secondary N) is 2. The second-order valence-corrected chi connectivity index (χ2v) is 9.62. The summed E-state index contributed by atoms with van der Waals surface area (Å²) in [7, 11) is -3.10. The van der Waals surface area contributed by atoms with Crippen LogP contribution in [0.4, 0.5) is 0 Å². The first-order chi connectivity index (χ1) is 14.5. The molecule has 1 fully saturated rings. The highest BCUT2D eigenvalue weighted by Gasteiger charge is 2.28. The predicted octanol–water partition coefficient (Wildman–Crippen LogP) is 2.45. The Labute approximate surface area is 179 Å². The van der Waals surface area contributed by atoms with Gasteiger partial charge in [0.1, 0.15) is 5.75 Å². The summed E-state index contributed by atoms with van der Waals surface area (Å²) in [6.45, 7) is 5.95. The maximum atomic E-state index is 11.6. The van der Waals surface area contributed by atoms with Crippen LogP contribution in [0.5, 0.6) is 5.75 Å². The molecule has 2 aromatic carbocycles. The highest BCUT2D eigenvalue weighted by molar-refractivity contribution is 7.88. The molecule has 1 atom stereocenters. The van der Waals surface area contributed by atoms with Crippen molar-refractivity contribution in [1.82, 2.24) is 14.9 Å². The third-order valence-electron chi connectivity index (χ3n) is 5.17. The van der Waals surface area contributed by atoms with Gasteiger partial charge in [-0.3, -0.25) is 4.99 Å². The minimum Gasteiger partial charge on any atom is -0.494 e. The molecular weight excluding hydrogens is 400 g/mol. The van der Waals surface area contributed by atoms with E-state index in [4.69, 9.17) is 4.74 Å². The Kier molecular flexibility index (Phi) is 7.93. The molecule has 1 heterocycles. The summed E-state index contributed by atoms with van der Waals surface area (Å²) in [5.74, 6) is 1.92. The Morgan fingerprint density at radius 2 is 2.00 bits per heavy atom. The van der Waals surface area contributed by atoms with Crippen LogP contribution in [0, 0.1) is 5.92 Å². The van der Waals surface area contributed by atoms with E-state index in [9.17, 15) is 8.42 Å². The van der Waals surface area contributed by atoms with E-state index in [0.717, 1.165) is 37.6 Å². The molecule has 0 saturated carbocycles. The predicted molar refractivity (Wildman–Crippen MR) is 123 cm³/mol. The van der Waals surface area contributed by atoms with Gasteiger partial charge in [0.05, 0.1) is 12.9 Å². The molecule has 1 aliphatic heterocycles. The lowest BCUT2D eigenvalue weighted by molar-refractivity contribution is 0.311. The molecule has 0 radical (unpaired) electrons. The van der Waals surface area contributed by atoms with Crippen LogP contribution < -0.4 is 15.4 Å². The molecule has 2 N–H and O–H groups in total. The monoisotopic (exact) mass is 432 g/mol. The first kappa shape index (κ1) is 22.4. The Balaban J connectivity index is 1.40. The van der Waals surface area contributed by atoms with Gasteiger partial charge in [0.25, 0.3) is 0 Å². The molecule has 0 spiro atoms. The molecule has 1 saturated heterocycles. The molecule has 0 amide bonds. The van der Waals surface area contributed by atoms with E-state index >= 15 is 0 Å². The first-order valence-electron chi connectivity index (χ1n) is 10.5. The zero-order chi connectivity index (χ0) is 21.4. The Morgan fingerprint density at radius 3 is 2.73 bits per heavy atom. The summed E-state index contributed by atoms with van der Waals surface area (Å²) in [4.78, 5) is 4.63. The fraction of sp³-hybridized carbons (Fsp3) is 0.500. The fourth-order valence-corrected chi connectivity index (χ4v) is 4.45. The van der Waals surface area contributed by atoms with E-state index in [2.05, 4.69) is 39.9 Å². The number of sulfonamides is 1. The van der Waals surface area contributed by atoms with Crippen LogP contribution in [-0.4, -0.2) is 64.3 Å². The van der Waals surface area contributed by atoms with Crippen molar-refractivity contribution in [3.05, 3.63) is 42.5 Å². The quantitative estimate of drug-likeness (QED) is 0.361. The van der Waals surface area contributed by atoms with Crippen LogP contribution in [0.2, 0.25) is 0 Å². The van der Waals surface area contributed by atoms with Crippen molar-refractivity contribution >= 4 is 26.8 Å². The van der Waals surface area contributed by atoms with Gasteiger partial charge in [0.2, 0.25) is 10.0 Å². The van der Waals surface area contributed by atoms with Crippen molar-refractivity contribution < 1.29 is 13.2 Å². The van der Waals surface area contributed by atoms with Crippen LogP contribution >= 0.6 is 0 Å². The molecule has 8 heteroatoms. The molecule has 2 aromatic rings. The van der Waals surface area contributed by atoms with Crippen LogP contribution in [0.15, 0.2) is 47.5 Å². The maximum absolute atomic E-state index is 11.6. The lowest BCUT2D eigenvalue weighted by Gasteiger charge is -2.14. The van der Waals surface area contributed by atoms with Gasteiger partial charge in [0, 0.05) is 32.7 Å². The number of rotatable bonds is 9. The Morgan fingerprint density at radius 1 is 1.20 bits per heavy atom. The topological polar surface area (TPSA) is 83.0 Å². The number of nitrogens with zero attached hydrogens (tertiary/aromatic N) is 2. The molecular formula is C22H32N4O3S. The lowest BCUT2D eigenvalue weighted by atomic mass is 10.1. The van der Waals surface area contributed by atoms with Crippen LogP contribution in [-0.2, 0) is 10.0 Å². The third kappa shape index (κ3) is 6.60. The van der Waals surface area contributed by atoms with E-state index in [1.54, 1.807) is 0 Å². The number of aliphatic imine (C=N–C) groups is 1. The normalized spacial score (nSPS) is 17.9. The zero-order valence-electron chi connectivity index (χ0n) is 17.8. The van der Waals surface area contributed by atoms with Crippen LogP contribution in [0.1, 0.15) is 19.8 Å². The zero-order valence-corrected chi connectivity index (χ0v) is 18.6. The molecule has 1 aliphatic rings. The first-order valence-corrected chi connectivity index (χ1v) is 12.4. The van der Waals surface area contributed by atoms with Crippen molar-refractivity contribution in [2.75, 3.05) is 45.6 Å². The second kappa shape index (κ2) is 10.6. The highest BCUT2D eigenvalue weighted by atomic mass is 32.2. The molecule has 164 valence electrons. The van der Waals surface area contributed by atoms with Gasteiger partial charge in [-0.05, 0) is 48.6 Å². The number of ether oxygens (including phenoxy) is 1. The van der Waals surface area contributed by atoms with E-state index in [1.165, 1.54) is 21.3 Å². The van der Waals surface area contributed by atoms with Crippen LogP contribution in [0.3, 0.4) is 0 Å².